The zero-order valence-corrected chi connectivity index (χ0v) is 15.8. The summed E-state index contributed by atoms with van der Waals surface area (Å²) in [6.45, 7) is 2.26. The van der Waals surface area contributed by atoms with E-state index in [1.54, 1.807) is 0 Å². The van der Waals surface area contributed by atoms with Crippen molar-refractivity contribution in [3.05, 3.63) is 84.4 Å². The summed E-state index contributed by atoms with van der Waals surface area (Å²) < 4.78 is 0. The van der Waals surface area contributed by atoms with Crippen LogP contribution in [0.25, 0.3) is 43.4 Å². The largest absolute Gasteiger partial charge is 0.0654 e. The van der Waals surface area contributed by atoms with E-state index in [1.165, 1.54) is 74.7 Å². The molecule has 0 aliphatic heterocycles. The van der Waals surface area contributed by atoms with Crippen molar-refractivity contribution < 1.29 is 0 Å². The lowest BCUT2D eigenvalue weighted by Gasteiger charge is -2.14. The molecule has 0 amide bonds. The first-order valence-corrected chi connectivity index (χ1v) is 10.1. The van der Waals surface area contributed by atoms with E-state index in [1.807, 2.05) is 0 Å². The van der Waals surface area contributed by atoms with E-state index in [0.717, 1.165) is 0 Å². The number of unbranched alkanes of at least 4 members (excludes halogenated alkanes) is 2. The second-order valence-electron chi connectivity index (χ2n) is 7.62. The molecule has 132 valence electrons. The van der Waals surface area contributed by atoms with Crippen molar-refractivity contribution in [2.75, 3.05) is 0 Å². The van der Waals surface area contributed by atoms with Gasteiger partial charge in [-0.2, -0.15) is 0 Å². The smallest absolute Gasteiger partial charge is 0.00206 e. The van der Waals surface area contributed by atoms with Crippen LogP contribution in [-0.2, 0) is 6.42 Å². The van der Waals surface area contributed by atoms with E-state index in [4.69, 9.17) is 0 Å². The monoisotopic (exact) mass is 348 g/mol. The summed E-state index contributed by atoms with van der Waals surface area (Å²) in [5.74, 6) is 0. The van der Waals surface area contributed by atoms with Crippen LogP contribution in [-0.4, -0.2) is 0 Å². The van der Waals surface area contributed by atoms with E-state index in [0.29, 0.717) is 0 Å². The standard InChI is InChI=1S/C27H24/c1-2-3-4-6-19-9-11-20(12-10-19)24-17-15-23-14-13-21-7-5-8-22-16-18-25(24)27(23)26(21)22/h5,7-18H,2-4,6H2,1H3. The molecular formula is C27H24. The second kappa shape index (κ2) is 6.70. The van der Waals surface area contributed by atoms with Crippen LogP contribution in [0.5, 0.6) is 0 Å². The van der Waals surface area contributed by atoms with Crippen molar-refractivity contribution in [1.82, 2.24) is 0 Å². The maximum absolute atomic E-state index is 2.31. The predicted octanol–water partition coefficient (Wildman–Crippen LogP) is 7.98. The minimum absolute atomic E-state index is 1.19. The van der Waals surface area contributed by atoms with Gasteiger partial charge >= 0.3 is 0 Å². The van der Waals surface area contributed by atoms with Gasteiger partial charge in [-0.05, 0) is 61.8 Å². The van der Waals surface area contributed by atoms with Gasteiger partial charge in [0.2, 0.25) is 0 Å². The Kier molecular flexibility index (Phi) is 4.05. The summed E-state index contributed by atoms with van der Waals surface area (Å²) in [4.78, 5) is 0. The molecular weight excluding hydrogens is 324 g/mol. The highest BCUT2D eigenvalue weighted by molar-refractivity contribution is 6.25. The minimum Gasteiger partial charge on any atom is -0.0654 e. The van der Waals surface area contributed by atoms with Gasteiger partial charge in [0.05, 0.1) is 0 Å². The molecule has 0 unspecified atom stereocenters. The highest BCUT2D eigenvalue weighted by Gasteiger charge is 2.11. The van der Waals surface area contributed by atoms with Crippen molar-refractivity contribution in [2.45, 2.75) is 32.6 Å². The Morgan fingerprint density at radius 3 is 2.00 bits per heavy atom. The fraction of sp³-hybridized carbons (Fsp3) is 0.185. The number of hydrogen-bond donors (Lipinski definition) is 0. The Morgan fingerprint density at radius 2 is 1.26 bits per heavy atom. The molecule has 0 fully saturated rings. The van der Waals surface area contributed by atoms with Gasteiger partial charge in [0.15, 0.2) is 0 Å². The molecule has 0 bridgehead atoms. The first-order valence-electron chi connectivity index (χ1n) is 10.1. The van der Waals surface area contributed by atoms with Crippen LogP contribution >= 0.6 is 0 Å². The molecule has 0 atom stereocenters. The van der Waals surface area contributed by atoms with E-state index in [-0.39, 0.29) is 0 Å². The SMILES string of the molecule is CCCCCc1ccc(-c2ccc3ccc4cccc5ccc2c3c45)cc1. The van der Waals surface area contributed by atoms with Gasteiger partial charge in [-0.25, -0.2) is 0 Å². The normalized spacial score (nSPS) is 11.7. The number of rotatable bonds is 5. The average Bonchev–Trinajstić information content (AvgIpc) is 2.73. The Labute approximate surface area is 160 Å². The van der Waals surface area contributed by atoms with Gasteiger partial charge < -0.3 is 0 Å². The quantitative estimate of drug-likeness (QED) is 0.223. The molecule has 0 nitrogen and oxygen atoms in total. The Hall–Kier alpha value is -2.86. The first kappa shape index (κ1) is 16.3. The lowest BCUT2D eigenvalue weighted by atomic mass is 9.89. The third-order valence-electron chi connectivity index (χ3n) is 5.86. The van der Waals surface area contributed by atoms with Crippen LogP contribution in [0.1, 0.15) is 31.7 Å². The molecule has 5 aromatic rings. The molecule has 0 aliphatic carbocycles. The maximum Gasteiger partial charge on any atom is -0.00206 e. The highest BCUT2D eigenvalue weighted by Crippen LogP contribution is 2.39. The average molecular weight is 348 g/mol. The summed E-state index contributed by atoms with van der Waals surface area (Å²) in [6.07, 6.45) is 5.07. The van der Waals surface area contributed by atoms with E-state index in [9.17, 15) is 0 Å². The third-order valence-corrected chi connectivity index (χ3v) is 5.86. The summed E-state index contributed by atoms with van der Waals surface area (Å²) in [5.41, 5.74) is 4.10. The van der Waals surface area contributed by atoms with Crippen LogP contribution < -0.4 is 0 Å². The van der Waals surface area contributed by atoms with Gasteiger partial charge in [-0.3, -0.25) is 0 Å². The van der Waals surface area contributed by atoms with Crippen molar-refractivity contribution in [1.29, 1.82) is 0 Å². The second-order valence-corrected chi connectivity index (χ2v) is 7.62. The summed E-state index contributed by atoms with van der Waals surface area (Å²) >= 11 is 0. The van der Waals surface area contributed by atoms with Crippen LogP contribution in [0.2, 0.25) is 0 Å². The van der Waals surface area contributed by atoms with Crippen LogP contribution in [0.15, 0.2) is 78.9 Å². The van der Waals surface area contributed by atoms with Crippen LogP contribution in [0.3, 0.4) is 0 Å². The van der Waals surface area contributed by atoms with E-state index in [2.05, 4.69) is 85.8 Å². The fourth-order valence-corrected chi connectivity index (χ4v) is 4.42. The zero-order valence-electron chi connectivity index (χ0n) is 15.8. The molecule has 0 N–H and O–H groups in total. The molecule has 27 heavy (non-hydrogen) atoms. The molecule has 0 saturated carbocycles. The zero-order chi connectivity index (χ0) is 18.2. The first-order chi connectivity index (χ1) is 13.3. The molecule has 0 saturated heterocycles. The van der Waals surface area contributed by atoms with Crippen LogP contribution in [0.4, 0.5) is 0 Å². The van der Waals surface area contributed by atoms with Gasteiger partial charge in [0.25, 0.3) is 0 Å². The van der Waals surface area contributed by atoms with E-state index < -0.39 is 0 Å². The Bertz CT molecular complexity index is 1200. The number of aryl methyl sites for hydroxylation is 1. The Balaban J connectivity index is 1.65. The molecule has 0 radical (unpaired) electrons. The van der Waals surface area contributed by atoms with Gasteiger partial charge in [0, 0.05) is 0 Å². The van der Waals surface area contributed by atoms with Gasteiger partial charge in [0.1, 0.15) is 0 Å². The van der Waals surface area contributed by atoms with Crippen molar-refractivity contribution in [3.63, 3.8) is 0 Å². The highest BCUT2D eigenvalue weighted by atomic mass is 14.1. The summed E-state index contributed by atoms with van der Waals surface area (Å²) in [6, 6.07) is 29.4. The maximum atomic E-state index is 2.31. The molecule has 5 aromatic carbocycles. The molecule has 0 aromatic heterocycles. The predicted molar refractivity (Wildman–Crippen MR) is 119 cm³/mol. The summed E-state index contributed by atoms with van der Waals surface area (Å²) in [7, 11) is 0. The van der Waals surface area contributed by atoms with Gasteiger partial charge in [-0.15, -0.1) is 0 Å². The van der Waals surface area contributed by atoms with Crippen molar-refractivity contribution >= 4 is 32.3 Å². The van der Waals surface area contributed by atoms with E-state index >= 15 is 0 Å². The third kappa shape index (κ3) is 2.77. The topological polar surface area (TPSA) is 0 Å². The van der Waals surface area contributed by atoms with Crippen LogP contribution in [0, 0.1) is 0 Å². The lowest BCUT2D eigenvalue weighted by molar-refractivity contribution is 0.717. The number of benzene rings is 5. The molecule has 0 heterocycles. The van der Waals surface area contributed by atoms with Crippen molar-refractivity contribution in [3.8, 4) is 11.1 Å². The van der Waals surface area contributed by atoms with Gasteiger partial charge in [-0.1, -0.05) is 98.6 Å². The lowest BCUT2D eigenvalue weighted by Crippen LogP contribution is -1.88. The molecule has 0 heteroatoms. The fourth-order valence-electron chi connectivity index (χ4n) is 4.42. The number of hydrogen-bond acceptors (Lipinski definition) is 0. The Morgan fingerprint density at radius 1 is 0.593 bits per heavy atom. The molecule has 5 rings (SSSR count). The summed E-state index contributed by atoms with van der Waals surface area (Å²) in [5, 5.41) is 8.13. The molecule has 0 aliphatic rings. The van der Waals surface area contributed by atoms with Crippen molar-refractivity contribution in [2.24, 2.45) is 0 Å². The molecule has 0 spiro atoms. The minimum atomic E-state index is 1.19.